The number of nitrogens with one attached hydrogen (secondary N) is 1. The van der Waals surface area contributed by atoms with E-state index in [4.69, 9.17) is 4.74 Å². The van der Waals surface area contributed by atoms with Crippen molar-refractivity contribution in [3.8, 4) is 17.0 Å². The average Bonchev–Trinajstić information content (AvgIpc) is 3.03. The van der Waals surface area contributed by atoms with Gasteiger partial charge in [0.1, 0.15) is 11.6 Å². The highest BCUT2D eigenvalue weighted by Gasteiger charge is 2.04. The summed E-state index contributed by atoms with van der Waals surface area (Å²) in [5.74, 6) is 1.43. The van der Waals surface area contributed by atoms with Crippen LogP contribution in [-0.2, 0) is 0 Å². The molecule has 1 N–H and O–H groups in total. The summed E-state index contributed by atoms with van der Waals surface area (Å²) in [5.41, 5.74) is 3.02. The molecule has 2 aromatic carbocycles. The van der Waals surface area contributed by atoms with E-state index in [9.17, 15) is 4.39 Å². The maximum absolute atomic E-state index is 12.9. The maximum atomic E-state index is 12.9. The predicted molar refractivity (Wildman–Crippen MR) is 91.4 cm³/mol. The first-order valence-electron chi connectivity index (χ1n) is 7.34. The van der Waals surface area contributed by atoms with Gasteiger partial charge in [-0.25, -0.2) is 9.37 Å². The third-order valence-corrected chi connectivity index (χ3v) is 4.17. The number of rotatable bonds is 6. The molecule has 0 atom stereocenters. The molecule has 5 heteroatoms. The van der Waals surface area contributed by atoms with Crippen molar-refractivity contribution in [3.05, 3.63) is 66.1 Å². The Bertz CT molecular complexity index is 753. The summed E-state index contributed by atoms with van der Waals surface area (Å²) >= 11 is 1.60. The largest absolute Gasteiger partial charge is 0.493 e. The second-order valence-corrected chi connectivity index (χ2v) is 6.20. The van der Waals surface area contributed by atoms with Gasteiger partial charge < -0.3 is 9.72 Å². The van der Waals surface area contributed by atoms with Crippen LogP contribution < -0.4 is 4.74 Å². The van der Waals surface area contributed by atoms with Gasteiger partial charge in [-0.15, -0.1) is 0 Å². The van der Waals surface area contributed by atoms with Crippen molar-refractivity contribution in [2.75, 3.05) is 12.4 Å². The molecule has 0 aliphatic carbocycles. The predicted octanol–water partition coefficient (Wildman–Crippen LogP) is 4.70. The lowest BCUT2D eigenvalue weighted by atomic mass is 10.2. The smallest absolute Gasteiger partial charge is 0.165 e. The first kappa shape index (κ1) is 15.6. The number of aromatic amines is 1. The number of halogens is 1. The number of imidazole rings is 1. The van der Waals surface area contributed by atoms with E-state index in [1.807, 2.05) is 24.3 Å². The van der Waals surface area contributed by atoms with E-state index in [-0.39, 0.29) is 5.82 Å². The third-order valence-electron chi connectivity index (χ3n) is 3.32. The summed E-state index contributed by atoms with van der Waals surface area (Å²) in [6, 6.07) is 14.4. The molecule has 0 unspecified atom stereocenters. The average molecular weight is 328 g/mol. The van der Waals surface area contributed by atoms with Crippen LogP contribution in [0.15, 0.2) is 59.9 Å². The fourth-order valence-corrected chi connectivity index (χ4v) is 2.75. The molecule has 0 aliphatic heterocycles. The van der Waals surface area contributed by atoms with Crippen LogP contribution >= 0.6 is 11.8 Å². The number of aryl methyl sites for hydroxylation is 1. The van der Waals surface area contributed by atoms with Crippen molar-refractivity contribution < 1.29 is 9.13 Å². The van der Waals surface area contributed by atoms with Gasteiger partial charge in [0.15, 0.2) is 5.16 Å². The van der Waals surface area contributed by atoms with Crippen LogP contribution in [-0.4, -0.2) is 22.3 Å². The zero-order chi connectivity index (χ0) is 16.1. The van der Waals surface area contributed by atoms with E-state index >= 15 is 0 Å². The molecule has 1 aromatic heterocycles. The first-order valence-corrected chi connectivity index (χ1v) is 8.32. The molecule has 0 aliphatic rings. The second kappa shape index (κ2) is 7.33. The normalized spacial score (nSPS) is 10.7. The number of thioether (sulfide) groups is 1. The lowest BCUT2D eigenvalue weighted by Crippen LogP contribution is -2.00. The van der Waals surface area contributed by atoms with Crippen LogP contribution in [0.2, 0.25) is 0 Å². The van der Waals surface area contributed by atoms with Gasteiger partial charge in [-0.1, -0.05) is 29.5 Å². The zero-order valence-corrected chi connectivity index (χ0v) is 13.6. The minimum absolute atomic E-state index is 0.240. The number of hydrogen-bond donors (Lipinski definition) is 1. The van der Waals surface area contributed by atoms with Gasteiger partial charge in [-0.05, 0) is 48.9 Å². The summed E-state index contributed by atoms with van der Waals surface area (Å²) < 4.78 is 18.6. The molecule has 3 rings (SSSR count). The third kappa shape index (κ3) is 4.36. The van der Waals surface area contributed by atoms with Gasteiger partial charge in [-0.3, -0.25) is 0 Å². The van der Waals surface area contributed by atoms with Crippen molar-refractivity contribution >= 4 is 11.8 Å². The Morgan fingerprint density at radius 2 is 1.83 bits per heavy atom. The molecule has 0 spiro atoms. The number of H-pyrrole nitrogens is 1. The Morgan fingerprint density at radius 3 is 2.57 bits per heavy atom. The van der Waals surface area contributed by atoms with E-state index in [1.165, 1.54) is 17.7 Å². The molecule has 0 fully saturated rings. The van der Waals surface area contributed by atoms with E-state index in [1.54, 1.807) is 30.1 Å². The molecule has 0 amide bonds. The molecule has 118 valence electrons. The fraction of sp³-hybridized carbons (Fsp3) is 0.167. The Balaban J connectivity index is 1.49. The number of benzene rings is 2. The van der Waals surface area contributed by atoms with Crippen molar-refractivity contribution in [2.24, 2.45) is 0 Å². The molecule has 0 bridgehead atoms. The number of nitrogens with zero attached hydrogens (tertiary/aromatic N) is 1. The molecular weight excluding hydrogens is 311 g/mol. The van der Waals surface area contributed by atoms with Crippen LogP contribution in [0.3, 0.4) is 0 Å². The summed E-state index contributed by atoms with van der Waals surface area (Å²) in [6.45, 7) is 2.66. The van der Waals surface area contributed by atoms with Gasteiger partial charge >= 0.3 is 0 Å². The van der Waals surface area contributed by atoms with E-state index in [0.717, 1.165) is 27.9 Å². The summed E-state index contributed by atoms with van der Waals surface area (Å²) in [7, 11) is 0. The molecule has 0 saturated carbocycles. The standard InChI is InChI=1S/C18H17FN2OS/c1-13-2-8-16(9-3-13)22-10-11-23-18-20-12-17(21-18)14-4-6-15(19)7-5-14/h2-9,12H,10-11H2,1H3,(H,20,21). The Hall–Kier alpha value is -2.27. The molecule has 0 radical (unpaired) electrons. The molecular formula is C18H17FN2OS. The summed E-state index contributed by atoms with van der Waals surface area (Å²) in [6.07, 6.45) is 1.76. The van der Waals surface area contributed by atoms with Gasteiger partial charge in [-0.2, -0.15) is 0 Å². The quantitative estimate of drug-likeness (QED) is 0.527. The molecule has 1 heterocycles. The van der Waals surface area contributed by atoms with Gasteiger partial charge in [0.05, 0.1) is 18.5 Å². The van der Waals surface area contributed by atoms with Crippen LogP contribution in [0.25, 0.3) is 11.3 Å². The Morgan fingerprint density at radius 1 is 1.09 bits per heavy atom. The minimum Gasteiger partial charge on any atom is -0.493 e. The number of hydrogen-bond acceptors (Lipinski definition) is 3. The van der Waals surface area contributed by atoms with Crippen LogP contribution in [0.5, 0.6) is 5.75 Å². The van der Waals surface area contributed by atoms with E-state index in [2.05, 4.69) is 16.9 Å². The van der Waals surface area contributed by atoms with Gasteiger partial charge in [0, 0.05) is 5.75 Å². The molecule has 3 nitrogen and oxygen atoms in total. The number of ether oxygens (including phenoxy) is 1. The zero-order valence-electron chi connectivity index (χ0n) is 12.8. The Kier molecular flexibility index (Phi) is 4.98. The van der Waals surface area contributed by atoms with Crippen LogP contribution in [0.4, 0.5) is 4.39 Å². The highest BCUT2D eigenvalue weighted by atomic mass is 32.2. The first-order chi connectivity index (χ1) is 11.2. The summed E-state index contributed by atoms with van der Waals surface area (Å²) in [5, 5.41) is 0.830. The van der Waals surface area contributed by atoms with E-state index in [0.29, 0.717) is 6.61 Å². The Labute approximate surface area is 138 Å². The maximum Gasteiger partial charge on any atom is 0.165 e. The summed E-state index contributed by atoms with van der Waals surface area (Å²) in [4.78, 5) is 7.56. The lowest BCUT2D eigenvalue weighted by Gasteiger charge is -2.05. The second-order valence-electron chi connectivity index (χ2n) is 5.12. The van der Waals surface area contributed by atoms with Gasteiger partial charge in [0.25, 0.3) is 0 Å². The molecule has 23 heavy (non-hydrogen) atoms. The van der Waals surface area contributed by atoms with E-state index < -0.39 is 0 Å². The number of aromatic nitrogens is 2. The van der Waals surface area contributed by atoms with Crippen LogP contribution in [0.1, 0.15) is 5.56 Å². The van der Waals surface area contributed by atoms with Crippen molar-refractivity contribution in [1.82, 2.24) is 9.97 Å². The lowest BCUT2D eigenvalue weighted by molar-refractivity contribution is 0.344. The van der Waals surface area contributed by atoms with Crippen molar-refractivity contribution in [3.63, 3.8) is 0 Å². The topological polar surface area (TPSA) is 37.9 Å². The van der Waals surface area contributed by atoms with Crippen molar-refractivity contribution in [2.45, 2.75) is 12.1 Å². The van der Waals surface area contributed by atoms with Crippen LogP contribution in [0, 0.1) is 12.7 Å². The minimum atomic E-state index is -0.240. The highest BCUT2D eigenvalue weighted by molar-refractivity contribution is 7.99. The monoisotopic (exact) mass is 328 g/mol. The molecule has 0 saturated heterocycles. The SMILES string of the molecule is Cc1ccc(OCCSc2ncc(-c3ccc(F)cc3)[nH]2)cc1. The van der Waals surface area contributed by atoms with Crippen molar-refractivity contribution in [1.29, 1.82) is 0 Å². The van der Waals surface area contributed by atoms with Gasteiger partial charge in [0.2, 0.25) is 0 Å². The fourth-order valence-electron chi connectivity index (χ4n) is 2.08. The molecule has 3 aromatic rings. The highest BCUT2D eigenvalue weighted by Crippen LogP contribution is 2.22.